The smallest absolute Gasteiger partial charge is 0.243 e. The minimum Gasteiger partial charge on any atom is -0.497 e. The first-order chi connectivity index (χ1) is 20.6. The molecule has 43 heavy (non-hydrogen) atoms. The van der Waals surface area contributed by atoms with Crippen LogP contribution in [0.3, 0.4) is 0 Å². The summed E-state index contributed by atoms with van der Waals surface area (Å²) in [5.41, 5.74) is 2.29. The van der Waals surface area contributed by atoms with E-state index in [4.69, 9.17) is 16.3 Å². The van der Waals surface area contributed by atoms with E-state index < -0.39 is 16.1 Å². The number of nitrogens with one attached hydrogen (secondary N) is 1. The fourth-order valence-corrected chi connectivity index (χ4v) is 6.55. The van der Waals surface area contributed by atoms with Gasteiger partial charge in [-0.3, -0.25) is 13.9 Å². The van der Waals surface area contributed by atoms with Crippen molar-refractivity contribution in [2.75, 3.05) is 24.2 Å². The summed E-state index contributed by atoms with van der Waals surface area (Å²) in [4.78, 5) is 29.4. The predicted octanol–water partition coefficient (Wildman–Crippen LogP) is 5.59. The summed E-state index contributed by atoms with van der Waals surface area (Å²) in [6, 6.07) is 23.0. The molecule has 1 saturated carbocycles. The van der Waals surface area contributed by atoms with Gasteiger partial charge in [0.15, 0.2) is 0 Å². The van der Waals surface area contributed by atoms with E-state index in [0.29, 0.717) is 22.9 Å². The molecule has 4 rings (SSSR count). The van der Waals surface area contributed by atoms with Crippen molar-refractivity contribution in [3.8, 4) is 5.75 Å². The van der Waals surface area contributed by atoms with E-state index in [9.17, 15) is 18.0 Å². The number of amides is 2. The third-order valence-corrected chi connectivity index (χ3v) is 9.20. The van der Waals surface area contributed by atoms with Gasteiger partial charge in [0.1, 0.15) is 11.8 Å². The van der Waals surface area contributed by atoms with Crippen LogP contribution >= 0.6 is 11.6 Å². The van der Waals surface area contributed by atoms with Crippen molar-refractivity contribution < 1.29 is 22.7 Å². The molecule has 230 valence electrons. The lowest BCUT2D eigenvalue weighted by Crippen LogP contribution is -2.52. The zero-order valence-electron chi connectivity index (χ0n) is 24.7. The normalized spacial score (nSPS) is 14.2. The Kier molecular flexibility index (Phi) is 11.5. The number of halogens is 1. The van der Waals surface area contributed by atoms with Crippen LogP contribution in [0.2, 0.25) is 5.02 Å². The molecule has 0 spiro atoms. The van der Waals surface area contributed by atoms with Gasteiger partial charge < -0.3 is 15.0 Å². The SMILES string of the molecule is COc1ccc(N(CCCC(=O)N(Cc2ccc(Cl)cc2)[C@@H](Cc2ccccc2)C(=O)NC2CCCC2)S(C)(=O)=O)cc1. The highest BCUT2D eigenvalue weighted by Crippen LogP contribution is 2.24. The molecule has 10 heteroatoms. The molecule has 3 aromatic rings. The van der Waals surface area contributed by atoms with Gasteiger partial charge in [0, 0.05) is 37.0 Å². The molecular weight excluding hydrogens is 586 g/mol. The second-order valence-electron chi connectivity index (χ2n) is 11.0. The summed E-state index contributed by atoms with van der Waals surface area (Å²) in [5, 5.41) is 3.79. The molecule has 1 aliphatic carbocycles. The molecule has 0 bridgehead atoms. The van der Waals surface area contributed by atoms with Gasteiger partial charge in [0.25, 0.3) is 0 Å². The highest BCUT2D eigenvalue weighted by atomic mass is 35.5. The van der Waals surface area contributed by atoms with Crippen LogP contribution in [0, 0.1) is 0 Å². The van der Waals surface area contributed by atoms with E-state index in [1.54, 1.807) is 48.4 Å². The van der Waals surface area contributed by atoms with Crippen molar-refractivity contribution in [3.63, 3.8) is 0 Å². The topological polar surface area (TPSA) is 96.0 Å². The molecule has 1 fully saturated rings. The summed E-state index contributed by atoms with van der Waals surface area (Å²) in [6.45, 7) is 0.336. The summed E-state index contributed by atoms with van der Waals surface area (Å²) in [5.74, 6) is 0.222. The van der Waals surface area contributed by atoms with Crippen LogP contribution < -0.4 is 14.4 Å². The van der Waals surface area contributed by atoms with Crippen LogP contribution in [0.1, 0.15) is 49.7 Å². The van der Waals surface area contributed by atoms with E-state index in [1.807, 2.05) is 42.5 Å². The van der Waals surface area contributed by atoms with E-state index in [2.05, 4.69) is 5.32 Å². The first-order valence-corrected chi connectivity index (χ1v) is 16.9. The molecule has 0 aliphatic heterocycles. The van der Waals surface area contributed by atoms with E-state index in [0.717, 1.165) is 43.1 Å². The summed E-state index contributed by atoms with van der Waals surface area (Å²) < 4.78 is 31.8. The Morgan fingerprint density at radius 2 is 1.60 bits per heavy atom. The van der Waals surface area contributed by atoms with Crippen molar-refractivity contribution in [3.05, 3.63) is 95.0 Å². The Labute approximate surface area is 260 Å². The maximum atomic E-state index is 14.0. The van der Waals surface area contributed by atoms with Gasteiger partial charge >= 0.3 is 0 Å². The number of rotatable bonds is 14. The fraction of sp³-hybridized carbons (Fsp3) is 0.394. The molecule has 0 radical (unpaired) electrons. The van der Waals surface area contributed by atoms with Gasteiger partial charge in [-0.2, -0.15) is 0 Å². The highest BCUT2D eigenvalue weighted by molar-refractivity contribution is 7.92. The lowest BCUT2D eigenvalue weighted by molar-refractivity contribution is -0.141. The van der Waals surface area contributed by atoms with E-state index >= 15 is 0 Å². The van der Waals surface area contributed by atoms with Crippen LogP contribution in [0.25, 0.3) is 0 Å². The van der Waals surface area contributed by atoms with Gasteiger partial charge in [0.2, 0.25) is 21.8 Å². The Hall–Kier alpha value is -3.56. The van der Waals surface area contributed by atoms with Crippen LogP contribution in [0.4, 0.5) is 5.69 Å². The average Bonchev–Trinajstić information content (AvgIpc) is 3.51. The molecule has 0 aromatic heterocycles. The Morgan fingerprint density at radius 1 is 0.953 bits per heavy atom. The molecule has 0 saturated heterocycles. The first kappa shape index (κ1) is 32.4. The number of sulfonamides is 1. The molecule has 1 atom stereocenters. The maximum absolute atomic E-state index is 14.0. The van der Waals surface area contributed by atoms with E-state index in [-0.39, 0.29) is 43.8 Å². The monoisotopic (exact) mass is 625 g/mol. The lowest BCUT2D eigenvalue weighted by atomic mass is 10.0. The van der Waals surface area contributed by atoms with Crippen LogP contribution in [0.5, 0.6) is 5.75 Å². The number of hydrogen-bond acceptors (Lipinski definition) is 5. The van der Waals surface area contributed by atoms with Gasteiger partial charge in [-0.25, -0.2) is 8.42 Å². The molecular formula is C33H40ClN3O5S. The second-order valence-corrected chi connectivity index (χ2v) is 13.3. The number of hydrogen-bond donors (Lipinski definition) is 1. The zero-order valence-corrected chi connectivity index (χ0v) is 26.3. The molecule has 3 aromatic carbocycles. The molecule has 1 aliphatic rings. The highest BCUT2D eigenvalue weighted by Gasteiger charge is 2.32. The molecule has 8 nitrogen and oxygen atoms in total. The number of benzene rings is 3. The average molecular weight is 626 g/mol. The number of anilines is 1. The van der Waals surface area contributed by atoms with Crippen LogP contribution in [-0.2, 0) is 32.6 Å². The number of carbonyl (C=O) groups excluding carboxylic acids is 2. The van der Waals surface area contributed by atoms with Crippen molar-refractivity contribution in [1.29, 1.82) is 0 Å². The van der Waals surface area contributed by atoms with Gasteiger partial charge in [-0.15, -0.1) is 0 Å². The van der Waals surface area contributed by atoms with Gasteiger partial charge in [-0.05, 0) is 66.8 Å². The summed E-state index contributed by atoms with van der Waals surface area (Å²) >= 11 is 6.12. The molecule has 1 N–H and O–H groups in total. The Bertz CT molecular complexity index is 1440. The fourth-order valence-electron chi connectivity index (χ4n) is 5.46. The first-order valence-electron chi connectivity index (χ1n) is 14.6. The lowest BCUT2D eigenvalue weighted by Gasteiger charge is -2.33. The molecule has 0 heterocycles. The number of nitrogens with zero attached hydrogens (tertiary/aromatic N) is 2. The van der Waals surface area contributed by atoms with Gasteiger partial charge in [-0.1, -0.05) is 66.9 Å². The zero-order chi connectivity index (χ0) is 30.8. The summed E-state index contributed by atoms with van der Waals surface area (Å²) in [6.07, 6.45) is 5.87. The quantitative estimate of drug-likeness (QED) is 0.252. The standard InChI is InChI=1S/C33H40ClN3O5S/c1-42-30-20-18-29(19-21-30)37(43(2,40)41)22-8-13-32(38)36(24-26-14-16-27(34)17-15-26)31(23-25-9-4-3-5-10-25)33(39)35-28-11-6-7-12-28/h3-5,9-10,14-21,28,31H,6-8,11-13,22-24H2,1-2H3,(H,35,39)/t31-/m0/s1. The third kappa shape index (κ3) is 9.46. The second kappa shape index (κ2) is 15.3. The minimum absolute atomic E-state index is 0.0672. The Morgan fingerprint density at radius 3 is 2.21 bits per heavy atom. The van der Waals surface area contributed by atoms with Crippen LogP contribution in [0.15, 0.2) is 78.9 Å². The Balaban J connectivity index is 1.57. The number of carbonyl (C=O) groups is 2. The molecule has 2 amide bonds. The van der Waals surface area contributed by atoms with Gasteiger partial charge in [0.05, 0.1) is 19.1 Å². The number of ether oxygens (including phenoxy) is 1. The maximum Gasteiger partial charge on any atom is 0.243 e. The minimum atomic E-state index is -3.60. The van der Waals surface area contributed by atoms with Crippen molar-refractivity contribution in [2.45, 2.75) is 63.6 Å². The predicted molar refractivity (Wildman–Crippen MR) is 171 cm³/mol. The van der Waals surface area contributed by atoms with Crippen molar-refractivity contribution in [2.24, 2.45) is 0 Å². The third-order valence-electron chi connectivity index (χ3n) is 7.75. The summed E-state index contributed by atoms with van der Waals surface area (Å²) in [7, 11) is -2.06. The van der Waals surface area contributed by atoms with Crippen LogP contribution in [-0.4, -0.2) is 57.1 Å². The molecule has 0 unspecified atom stereocenters. The van der Waals surface area contributed by atoms with Crippen molar-refractivity contribution in [1.82, 2.24) is 10.2 Å². The largest absolute Gasteiger partial charge is 0.497 e. The number of methoxy groups -OCH3 is 1. The van der Waals surface area contributed by atoms with E-state index in [1.165, 1.54) is 4.31 Å². The van der Waals surface area contributed by atoms with Crippen molar-refractivity contribution >= 4 is 39.1 Å².